The standard InChI is InChI=1S/C15H22FNO/c1-10(2)14-5-4-8-17(14)15-7-6-12(11(3)18)9-13(15)16/h6-7,9-11,14,18H,4-5,8H2,1-3H3/t11-,14?/m0/s1. The highest BCUT2D eigenvalue weighted by Gasteiger charge is 2.28. The molecular formula is C15H22FNO. The molecule has 1 aromatic carbocycles. The van der Waals surface area contributed by atoms with E-state index >= 15 is 0 Å². The topological polar surface area (TPSA) is 23.5 Å². The minimum absolute atomic E-state index is 0.221. The number of aliphatic hydroxyl groups excluding tert-OH is 1. The van der Waals surface area contributed by atoms with Crippen LogP contribution in [-0.4, -0.2) is 17.7 Å². The maximum absolute atomic E-state index is 14.1. The largest absolute Gasteiger partial charge is 0.389 e. The number of aliphatic hydroxyl groups is 1. The van der Waals surface area contributed by atoms with E-state index in [4.69, 9.17) is 0 Å². The van der Waals surface area contributed by atoms with Crippen molar-refractivity contribution in [3.63, 3.8) is 0 Å². The van der Waals surface area contributed by atoms with Crippen molar-refractivity contribution in [2.45, 2.75) is 45.8 Å². The van der Waals surface area contributed by atoms with Crippen LogP contribution in [-0.2, 0) is 0 Å². The van der Waals surface area contributed by atoms with E-state index in [1.54, 1.807) is 13.0 Å². The van der Waals surface area contributed by atoms with Crippen LogP contribution in [0.2, 0.25) is 0 Å². The monoisotopic (exact) mass is 251 g/mol. The molecule has 1 heterocycles. The summed E-state index contributed by atoms with van der Waals surface area (Å²) in [6.07, 6.45) is 1.64. The Morgan fingerprint density at radius 3 is 2.61 bits per heavy atom. The van der Waals surface area contributed by atoms with Gasteiger partial charge in [-0.1, -0.05) is 19.9 Å². The highest BCUT2D eigenvalue weighted by atomic mass is 19.1. The molecule has 0 aromatic heterocycles. The fourth-order valence-electron chi connectivity index (χ4n) is 2.80. The summed E-state index contributed by atoms with van der Waals surface area (Å²) in [5, 5.41) is 9.46. The summed E-state index contributed by atoms with van der Waals surface area (Å²) in [6, 6.07) is 5.50. The molecule has 0 spiro atoms. The van der Waals surface area contributed by atoms with Crippen molar-refractivity contribution < 1.29 is 9.50 Å². The van der Waals surface area contributed by atoms with Crippen LogP contribution in [0.3, 0.4) is 0 Å². The highest BCUT2D eigenvalue weighted by Crippen LogP contribution is 2.32. The lowest BCUT2D eigenvalue weighted by atomic mass is 10.0. The maximum Gasteiger partial charge on any atom is 0.146 e. The van der Waals surface area contributed by atoms with Crippen molar-refractivity contribution in [3.05, 3.63) is 29.6 Å². The summed E-state index contributed by atoms with van der Waals surface area (Å²) in [5.74, 6) is 0.310. The van der Waals surface area contributed by atoms with E-state index in [0.29, 0.717) is 23.2 Å². The minimum Gasteiger partial charge on any atom is -0.389 e. The average molecular weight is 251 g/mol. The van der Waals surface area contributed by atoms with Crippen molar-refractivity contribution in [2.75, 3.05) is 11.4 Å². The number of benzene rings is 1. The Bertz CT molecular complexity index is 417. The van der Waals surface area contributed by atoms with Gasteiger partial charge in [-0.25, -0.2) is 4.39 Å². The Hall–Kier alpha value is -1.09. The second kappa shape index (κ2) is 5.27. The van der Waals surface area contributed by atoms with Gasteiger partial charge in [0.25, 0.3) is 0 Å². The molecule has 100 valence electrons. The van der Waals surface area contributed by atoms with Gasteiger partial charge in [-0.15, -0.1) is 0 Å². The van der Waals surface area contributed by atoms with Gasteiger partial charge in [0, 0.05) is 12.6 Å². The van der Waals surface area contributed by atoms with E-state index < -0.39 is 6.10 Å². The van der Waals surface area contributed by atoms with Gasteiger partial charge in [-0.3, -0.25) is 0 Å². The summed E-state index contributed by atoms with van der Waals surface area (Å²) >= 11 is 0. The molecule has 1 aromatic rings. The van der Waals surface area contributed by atoms with Gasteiger partial charge in [0.2, 0.25) is 0 Å². The Labute approximate surface area is 108 Å². The van der Waals surface area contributed by atoms with Gasteiger partial charge < -0.3 is 10.0 Å². The normalized spacial score (nSPS) is 21.7. The first-order valence-corrected chi connectivity index (χ1v) is 6.75. The smallest absolute Gasteiger partial charge is 0.146 e. The number of halogens is 1. The number of rotatable bonds is 3. The van der Waals surface area contributed by atoms with Crippen LogP contribution in [0.4, 0.5) is 10.1 Å². The van der Waals surface area contributed by atoms with E-state index in [-0.39, 0.29) is 5.82 Å². The van der Waals surface area contributed by atoms with Gasteiger partial charge in [-0.2, -0.15) is 0 Å². The number of anilines is 1. The summed E-state index contributed by atoms with van der Waals surface area (Å²) in [7, 11) is 0. The Morgan fingerprint density at radius 2 is 2.06 bits per heavy atom. The quantitative estimate of drug-likeness (QED) is 0.888. The van der Waals surface area contributed by atoms with Crippen molar-refractivity contribution in [1.29, 1.82) is 0 Å². The van der Waals surface area contributed by atoms with Crippen molar-refractivity contribution >= 4 is 5.69 Å². The lowest BCUT2D eigenvalue weighted by Gasteiger charge is -2.30. The molecule has 0 amide bonds. The summed E-state index contributed by atoms with van der Waals surface area (Å²) in [4.78, 5) is 2.17. The van der Waals surface area contributed by atoms with Crippen LogP contribution in [0.15, 0.2) is 18.2 Å². The third kappa shape index (κ3) is 2.51. The van der Waals surface area contributed by atoms with Gasteiger partial charge in [-0.05, 0) is 43.4 Å². The van der Waals surface area contributed by atoms with Crippen molar-refractivity contribution in [3.8, 4) is 0 Å². The zero-order valence-corrected chi connectivity index (χ0v) is 11.4. The highest BCUT2D eigenvalue weighted by molar-refractivity contribution is 5.51. The summed E-state index contributed by atoms with van der Waals surface area (Å²) < 4.78 is 14.1. The van der Waals surface area contributed by atoms with E-state index in [9.17, 15) is 9.50 Å². The molecule has 0 bridgehead atoms. The number of hydrogen-bond acceptors (Lipinski definition) is 2. The number of nitrogens with zero attached hydrogens (tertiary/aromatic N) is 1. The van der Waals surface area contributed by atoms with Crippen LogP contribution in [0.1, 0.15) is 45.3 Å². The zero-order chi connectivity index (χ0) is 13.3. The Kier molecular flexibility index (Phi) is 3.91. The molecule has 1 aliphatic rings. The molecule has 2 rings (SSSR count). The molecule has 1 aliphatic heterocycles. The first-order chi connectivity index (χ1) is 8.50. The van der Waals surface area contributed by atoms with E-state index in [0.717, 1.165) is 19.4 Å². The first kappa shape index (κ1) is 13.3. The predicted octanol–water partition coefficient (Wildman–Crippen LogP) is 3.50. The summed E-state index contributed by atoms with van der Waals surface area (Å²) in [6.45, 7) is 6.95. The van der Waals surface area contributed by atoms with Gasteiger partial charge in [0.05, 0.1) is 11.8 Å². The molecule has 3 heteroatoms. The van der Waals surface area contributed by atoms with E-state index in [2.05, 4.69) is 18.7 Å². The zero-order valence-electron chi connectivity index (χ0n) is 11.4. The fraction of sp³-hybridized carbons (Fsp3) is 0.600. The Morgan fingerprint density at radius 1 is 1.33 bits per heavy atom. The molecule has 2 nitrogen and oxygen atoms in total. The van der Waals surface area contributed by atoms with E-state index in [1.807, 2.05) is 6.07 Å². The molecule has 1 saturated heterocycles. The summed E-state index contributed by atoms with van der Waals surface area (Å²) in [5.41, 5.74) is 1.31. The van der Waals surface area contributed by atoms with Gasteiger partial charge in [0.1, 0.15) is 5.82 Å². The van der Waals surface area contributed by atoms with Crippen molar-refractivity contribution in [2.24, 2.45) is 5.92 Å². The molecule has 0 saturated carbocycles. The molecule has 1 N–H and O–H groups in total. The fourth-order valence-corrected chi connectivity index (χ4v) is 2.80. The second-order valence-corrected chi connectivity index (χ2v) is 5.53. The SMILES string of the molecule is CC(C)C1CCCN1c1ccc([C@H](C)O)cc1F. The molecule has 0 aliphatic carbocycles. The third-order valence-electron chi connectivity index (χ3n) is 3.83. The maximum atomic E-state index is 14.1. The van der Waals surface area contributed by atoms with Crippen LogP contribution >= 0.6 is 0 Å². The molecular weight excluding hydrogens is 229 g/mol. The number of hydrogen-bond donors (Lipinski definition) is 1. The molecule has 1 unspecified atom stereocenters. The van der Waals surface area contributed by atoms with Crippen molar-refractivity contribution in [1.82, 2.24) is 0 Å². The molecule has 2 atom stereocenters. The van der Waals surface area contributed by atoms with Crippen LogP contribution in [0.25, 0.3) is 0 Å². The van der Waals surface area contributed by atoms with Gasteiger partial charge in [0.15, 0.2) is 0 Å². The molecule has 1 fully saturated rings. The lowest BCUT2D eigenvalue weighted by Crippen LogP contribution is -2.33. The van der Waals surface area contributed by atoms with E-state index in [1.165, 1.54) is 6.07 Å². The van der Waals surface area contributed by atoms with Crippen LogP contribution in [0, 0.1) is 11.7 Å². The lowest BCUT2D eigenvalue weighted by molar-refractivity contribution is 0.199. The average Bonchev–Trinajstić information content (AvgIpc) is 2.77. The van der Waals surface area contributed by atoms with Crippen LogP contribution < -0.4 is 4.90 Å². The Balaban J connectivity index is 2.28. The first-order valence-electron chi connectivity index (χ1n) is 6.75. The molecule has 0 radical (unpaired) electrons. The second-order valence-electron chi connectivity index (χ2n) is 5.53. The minimum atomic E-state index is -0.618. The van der Waals surface area contributed by atoms with Crippen LogP contribution in [0.5, 0.6) is 0 Å². The predicted molar refractivity (Wildman–Crippen MR) is 72.2 cm³/mol. The molecule has 18 heavy (non-hydrogen) atoms. The van der Waals surface area contributed by atoms with Gasteiger partial charge >= 0.3 is 0 Å². The third-order valence-corrected chi connectivity index (χ3v) is 3.83.